The van der Waals surface area contributed by atoms with Crippen molar-refractivity contribution in [3.05, 3.63) is 0 Å². The minimum Gasteiger partial charge on any atom is -1.00 e. The maximum Gasteiger partial charge on any atom is 2.00 e. The maximum atomic E-state index is 10.6. The molecule has 0 radical (unpaired) electrons. The summed E-state index contributed by atoms with van der Waals surface area (Å²) >= 11 is 0. The number of carboxylic acids is 2. The van der Waals surface area contributed by atoms with Gasteiger partial charge in [-0.2, -0.15) is 0 Å². The second-order valence-corrected chi connectivity index (χ2v) is 4.85. The monoisotopic (exact) mass is 398 g/mol. The molecule has 0 aromatic carbocycles. The van der Waals surface area contributed by atoms with E-state index in [0.717, 1.165) is 12.8 Å². The van der Waals surface area contributed by atoms with Crippen molar-refractivity contribution >= 4 is 60.8 Å². The van der Waals surface area contributed by atoms with Crippen molar-refractivity contribution in [2.45, 2.75) is 71.1 Å². The topological polar surface area (TPSA) is 74.6 Å². The number of aliphatic carboxylic acids is 2. The van der Waals surface area contributed by atoms with Crippen molar-refractivity contribution in [2.75, 3.05) is 0 Å². The van der Waals surface area contributed by atoms with Crippen LogP contribution in [0.25, 0.3) is 0 Å². The average Bonchev–Trinajstić information content (AvgIpc) is 2.30. The summed E-state index contributed by atoms with van der Waals surface area (Å²) in [4.78, 5) is 21.3. The molecule has 0 aliphatic carbocycles. The van der Waals surface area contributed by atoms with Gasteiger partial charge in [0.05, 0.1) is 0 Å². The third-order valence-corrected chi connectivity index (χ3v) is 3.19. The largest absolute Gasteiger partial charge is 2.00 e. The molecule has 0 heterocycles. The first-order valence-electron chi connectivity index (χ1n) is 7.05. The van der Waals surface area contributed by atoms with Crippen molar-refractivity contribution in [3.8, 4) is 0 Å². The maximum absolute atomic E-state index is 10.6. The van der Waals surface area contributed by atoms with E-state index < -0.39 is 17.9 Å². The van der Waals surface area contributed by atoms with Gasteiger partial charge in [-0.1, -0.05) is 64.7 Å². The van der Waals surface area contributed by atoms with E-state index in [0.29, 0.717) is 6.42 Å². The molecular formula is C14H28BaO4. The molecule has 0 aliphatic heterocycles. The molecular weight excluding hydrogens is 369 g/mol. The van der Waals surface area contributed by atoms with Gasteiger partial charge >= 0.3 is 60.8 Å². The van der Waals surface area contributed by atoms with Gasteiger partial charge in [-0.15, -0.1) is 0 Å². The molecule has 0 spiro atoms. The first-order chi connectivity index (χ1) is 8.59. The second kappa shape index (κ2) is 14.9. The molecule has 4 nitrogen and oxygen atoms in total. The molecule has 110 valence electrons. The standard InChI is InChI=1S/C14H26O4.Ba.2H/c1-2-3-4-5-6-7-8-9-10-11-12(13(15)16)14(17)18;;;/h12H,2-11H2,1H3,(H,15,16)(H,17,18);;;/q;+2;2*-1. The van der Waals surface area contributed by atoms with Crippen molar-refractivity contribution in [1.82, 2.24) is 0 Å². The summed E-state index contributed by atoms with van der Waals surface area (Å²) < 4.78 is 0. The number of hydrogen-bond acceptors (Lipinski definition) is 2. The summed E-state index contributed by atoms with van der Waals surface area (Å²) in [6, 6.07) is 0. The summed E-state index contributed by atoms with van der Waals surface area (Å²) in [6.45, 7) is 2.20. The van der Waals surface area contributed by atoms with Gasteiger partial charge in [0.1, 0.15) is 0 Å². The van der Waals surface area contributed by atoms with Gasteiger partial charge in [0.2, 0.25) is 0 Å². The first kappa shape index (κ1) is 21.8. The van der Waals surface area contributed by atoms with Gasteiger partial charge < -0.3 is 13.1 Å². The van der Waals surface area contributed by atoms with E-state index >= 15 is 0 Å². The third-order valence-electron chi connectivity index (χ3n) is 3.19. The summed E-state index contributed by atoms with van der Waals surface area (Å²) in [5.74, 6) is -3.67. The van der Waals surface area contributed by atoms with Crippen LogP contribution in [0.4, 0.5) is 0 Å². The van der Waals surface area contributed by atoms with Gasteiger partial charge in [-0.05, 0) is 6.42 Å². The van der Waals surface area contributed by atoms with Crippen molar-refractivity contribution in [1.29, 1.82) is 0 Å². The van der Waals surface area contributed by atoms with Crippen molar-refractivity contribution in [2.24, 2.45) is 5.92 Å². The van der Waals surface area contributed by atoms with Crippen LogP contribution in [0.3, 0.4) is 0 Å². The number of carboxylic acid groups (broad SMARTS) is 2. The van der Waals surface area contributed by atoms with E-state index in [9.17, 15) is 9.59 Å². The van der Waals surface area contributed by atoms with Crippen LogP contribution in [0.5, 0.6) is 0 Å². The van der Waals surface area contributed by atoms with Gasteiger partial charge in [0.15, 0.2) is 5.92 Å². The third kappa shape index (κ3) is 13.3. The minimum atomic E-state index is -1.23. The number of hydrogen-bond donors (Lipinski definition) is 2. The number of unbranched alkanes of at least 4 members (excludes halogenated alkanes) is 8. The molecule has 19 heavy (non-hydrogen) atoms. The van der Waals surface area contributed by atoms with E-state index in [1.807, 2.05) is 0 Å². The Kier molecular flexibility index (Phi) is 17.1. The molecule has 0 aliphatic rings. The first-order valence-corrected chi connectivity index (χ1v) is 7.05. The molecule has 0 aromatic heterocycles. The quantitative estimate of drug-likeness (QED) is 0.300. The van der Waals surface area contributed by atoms with Gasteiger partial charge in [0.25, 0.3) is 0 Å². The van der Waals surface area contributed by atoms with Crippen LogP contribution in [0.2, 0.25) is 0 Å². The minimum absolute atomic E-state index is 0. The molecule has 0 fully saturated rings. The Balaban J connectivity index is -0.000000482. The Morgan fingerprint density at radius 2 is 1.21 bits per heavy atom. The van der Waals surface area contributed by atoms with Crippen LogP contribution < -0.4 is 0 Å². The summed E-state index contributed by atoms with van der Waals surface area (Å²) in [5, 5.41) is 17.4. The molecule has 0 atom stereocenters. The zero-order valence-corrected chi connectivity index (χ0v) is 16.5. The Bertz CT molecular complexity index is 239. The summed E-state index contributed by atoms with van der Waals surface area (Å²) in [5.41, 5.74) is 0. The van der Waals surface area contributed by atoms with E-state index in [-0.39, 0.29) is 58.2 Å². The number of rotatable bonds is 12. The molecule has 0 rings (SSSR count). The zero-order chi connectivity index (χ0) is 13.8. The fourth-order valence-electron chi connectivity index (χ4n) is 2.01. The van der Waals surface area contributed by atoms with Gasteiger partial charge in [0, 0.05) is 0 Å². The Morgan fingerprint density at radius 3 is 1.58 bits per heavy atom. The van der Waals surface area contributed by atoms with Crippen LogP contribution in [0.1, 0.15) is 74.0 Å². The second-order valence-electron chi connectivity index (χ2n) is 4.85. The van der Waals surface area contributed by atoms with Crippen molar-refractivity contribution < 1.29 is 22.7 Å². The fourth-order valence-corrected chi connectivity index (χ4v) is 2.01. The van der Waals surface area contributed by atoms with Gasteiger partial charge in [-0.25, -0.2) is 0 Å². The molecule has 0 bridgehead atoms. The molecule has 2 N–H and O–H groups in total. The predicted molar refractivity (Wildman–Crippen MR) is 78.6 cm³/mol. The molecule has 5 heteroatoms. The van der Waals surface area contributed by atoms with Crippen LogP contribution in [-0.2, 0) is 9.59 Å². The van der Waals surface area contributed by atoms with E-state index in [1.165, 1.54) is 38.5 Å². The Morgan fingerprint density at radius 1 is 0.842 bits per heavy atom. The predicted octanol–water partition coefficient (Wildman–Crippen LogP) is 3.54. The van der Waals surface area contributed by atoms with Gasteiger partial charge in [-0.3, -0.25) is 9.59 Å². The van der Waals surface area contributed by atoms with E-state index in [2.05, 4.69) is 6.92 Å². The number of carbonyl (C=O) groups is 2. The molecule has 0 saturated carbocycles. The molecule has 0 aromatic rings. The smallest absolute Gasteiger partial charge is 1.00 e. The van der Waals surface area contributed by atoms with Crippen LogP contribution in [0, 0.1) is 5.92 Å². The Labute approximate surface area is 159 Å². The van der Waals surface area contributed by atoms with Crippen LogP contribution in [-0.4, -0.2) is 71.0 Å². The Hall–Kier alpha value is 0.511. The summed E-state index contributed by atoms with van der Waals surface area (Å²) in [7, 11) is 0. The van der Waals surface area contributed by atoms with Crippen molar-refractivity contribution in [3.63, 3.8) is 0 Å². The van der Waals surface area contributed by atoms with Crippen LogP contribution in [0.15, 0.2) is 0 Å². The fraction of sp³-hybridized carbons (Fsp3) is 0.857. The van der Waals surface area contributed by atoms with Crippen LogP contribution >= 0.6 is 0 Å². The van der Waals surface area contributed by atoms with E-state index in [4.69, 9.17) is 10.2 Å². The van der Waals surface area contributed by atoms with E-state index in [1.54, 1.807) is 0 Å². The zero-order valence-electron chi connectivity index (χ0n) is 14.1. The molecule has 0 amide bonds. The SMILES string of the molecule is CCCCCCCCCCCC(C(=O)O)C(=O)O.[Ba+2].[H-].[H-]. The normalized spacial score (nSPS) is 10.2. The molecule has 0 saturated heterocycles. The molecule has 0 unspecified atom stereocenters. The average molecular weight is 398 g/mol. The summed E-state index contributed by atoms with van der Waals surface area (Å²) in [6.07, 6.45) is 10.5.